The number of nitrogens with one attached hydrogen (secondary N) is 2. The van der Waals surface area contributed by atoms with Crippen LogP contribution in [0.4, 0.5) is 0 Å². The van der Waals surface area contributed by atoms with Crippen molar-refractivity contribution in [1.29, 1.82) is 0 Å². The molecule has 1 aliphatic rings. The molecule has 0 spiro atoms. The number of hydrazine groups is 1. The number of hydrogen-bond donors (Lipinski definition) is 2. The van der Waals surface area contributed by atoms with Crippen LogP contribution in [-0.2, 0) is 4.79 Å². The number of rotatable bonds is 4. The summed E-state index contributed by atoms with van der Waals surface area (Å²) < 4.78 is 1.67. The first-order valence-electron chi connectivity index (χ1n) is 9.73. The number of carbonyl (C=O) groups excluding carboxylic acids is 2. The normalized spacial score (nSPS) is 19.3. The summed E-state index contributed by atoms with van der Waals surface area (Å²) in [5.41, 5.74) is 5.87. The minimum absolute atomic E-state index is 0.316. The van der Waals surface area contributed by atoms with Crippen molar-refractivity contribution in [2.24, 2.45) is 0 Å². The van der Waals surface area contributed by atoms with Gasteiger partial charge in [0.1, 0.15) is 0 Å². The zero-order valence-corrected chi connectivity index (χ0v) is 18.2. The molecule has 0 aliphatic carbocycles. The van der Waals surface area contributed by atoms with E-state index in [0.717, 1.165) is 16.7 Å². The Labute approximate surface area is 190 Å². The largest absolute Gasteiger partial charge is 0.334 e. The van der Waals surface area contributed by atoms with Gasteiger partial charge in [-0.15, -0.1) is 10.1 Å². The highest BCUT2D eigenvalue weighted by Gasteiger charge is 2.47. The third-order valence-electron chi connectivity index (χ3n) is 5.10. The van der Waals surface area contributed by atoms with Gasteiger partial charge in [-0.3, -0.25) is 9.59 Å². The van der Waals surface area contributed by atoms with Crippen molar-refractivity contribution in [2.75, 3.05) is 0 Å². The van der Waals surface area contributed by atoms with Crippen LogP contribution < -0.4 is 10.7 Å². The quantitative estimate of drug-likeness (QED) is 0.579. The molecule has 0 aromatic heterocycles. The van der Waals surface area contributed by atoms with Crippen LogP contribution >= 0.6 is 23.2 Å². The van der Waals surface area contributed by atoms with E-state index < -0.39 is 12.1 Å². The Balaban J connectivity index is 1.72. The van der Waals surface area contributed by atoms with Gasteiger partial charge in [0.2, 0.25) is 12.3 Å². The van der Waals surface area contributed by atoms with Gasteiger partial charge in [0.15, 0.2) is 6.04 Å². The molecular weight excluding hydrogens is 433 g/mol. The second-order valence-corrected chi connectivity index (χ2v) is 8.19. The number of amides is 2. The van der Waals surface area contributed by atoms with E-state index in [9.17, 15) is 9.59 Å². The van der Waals surface area contributed by atoms with E-state index in [2.05, 4.69) is 10.7 Å². The molecule has 0 unspecified atom stereocenters. The topological polar surface area (TPSA) is 61.2 Å². The lowest BCUT2D eigenvalue weighted by atomic mass is 9.99. The summed E-state index contributed by atoms with van der Waals surface area (Å²) in [5, 5.41) is 4.03. The van der Waals surface area contributed by atoms with Crippen LogP contribution in [-0.4, -0.2) is 28.8 Å². The van der Waals surface area contributed by atoms with Gasteiger partial charge in [-0.1, -0.05) is 65.2 Å². The smallest absolute Gasteiger partial charge is 0.304 e. The molecule has 1 heterocycles. The van der Waals surface area contributed by atoms with Crippen molar-refractivity contribution in [2.45, 2.75) is 19.0 Å². The number of halogens is 2. The third-order valence-corrected chi connectivity index (χ3v) is 5.70. The molecule has 2 amide bonds. The molecule has 0 bridgehead atoms. The van der Waals surface area contributed by atoms with Crippen molar-refractivity contribution < 1.29 is 14.3 Å². The number of hydrogen-bond acceptors (Lipinski definition) is 2. The molecule has 1 saturated heterocycles. The van der Waals surface area contributed by atoms with E-state index in [0.29, 0.717) is 15.6 Å². The molecule has 1 aliphatic heterocycles. The second kappa shape index (κ2) is 8.92. The molecule has 3 aromatic carbocycles. The minimum atomic E-state index is -0.812. The highest BCUT2D eigenvalue weighted by Crippen LogP contribution is 2.27. The summed E-state index contributed by atoms with van der Waals surface area (Å²) in [5.74, 6) is -0.633. The van der Waals surface area contributed by atoms with Crippen LogP contribution in [0.1, 0.15) is 33.1 Å². The maximum atomic E-state index is 12.9. The first-order chi connectivity index (χ1) is 14.9. The Hall–Kier alpha value is -3.15. The Morgan fingerprint density at radius 3 is 2.48 bits per heavy atom. The van der Waals surface area contributed by atoms with Crippen molar-refractivity contribution in [1.82, 2.24) is 10.7 Å². The highest BCUT2D eigenvalue weighted by molar-refractivity contribution is 6.33. The standard InChI is InChI=1S/C24H19Cl2N3O2/c1-15-5-4-7-17(13-15)23(30)27-21-22(16-9-11-19(25)12-10-16)29(28-24(21)31)14-18-6-2-3-8-20(18)26/h2-14,21-22H,1H3,(H-,27,28,30,31)/p+1/b29-14-/t21-,22-/m0/s1. The Kier molecular flexibility index (Phi) is 6.07. The van der Waals surface area contributed by atoms with Crippen LogP contribution in [0.25, 0.3) is 0 Å². The number of carbonyl (C=O) groups is 2. The number of hydrazone groups is 1. The van der Waals surface area contributed by atoms with E-state index in [1.807, 2.05) is 49.4 Å². The molecule has 7 heteroatoms. The van der Waals surface area contributed by atoms with Crippen molar-refractivity contribution in [3.05, 3.63) is 105 Å². The maximum Gasteiger partial charge on any atom is 0.304 e. The molecule has 2 N–H and O–H groups in total. The molecule has 3 aromatic rings. The van der Waals surface area contributed by atoms with Gasteiger partial charge in [0, 0.05) is 16.1 Å². The molecule has 0 saturated carbocycles. The van der Waals surface area contributed by atoms with Crippen molar-refractivity contribution in [3.8, 4) is 0 Å². The number of benzene rings is 3. The lowest BCUT2D eigenvalue weighted by Gasteiger charge is -2.15. The summed E-state index contributed by atoms with van der Waals surface area (Å²) in [7, 11) is 0. The first kappa shape index (κ1) is 21.1. The van der Waals surface area contributed by atoms with E-state index in [1.54, 1.807) is 41.2 Å². The third kappa shape index (κ3) is 4.63. The average Bonchev–Trinajstić information content (AvgIpc) is 3.05. The Morgan fingerprint density at radius 1 is 1.03 bits per heavy atom. The van der Waals surface area contributed by atoms with Gasteiger partial charge in [-0.05, 0) is 43.3 Å². The molecule has 2 atom stereocenters. The van der Waals surface area contributed by atoms with Crippen LogP contribution in [0.15, 0.2) is 72.8 Å². The van der Waals surface area contributed by atoms with E-state index >= 15 is 0 Å². The second-order valence-electron chi connectivity index (χ2n) is 7.35. The zero-order chi connectivity index (χ0) is 22.0. The molecular formula is C24H20Cl2N3O2+. The Bertz CT molecular complexity index is 1180. The summed E-state index contributed by atoms with van der Waals surface area (Å²) >= 11 is 12.4. The molecule has 4 rings (SSSR count). The summed E-state index contributed by atoms with van der Waals surface area (Å²) in [6.07, 6.45) is 1.76. The highest BCUT2D eigenvalue weighted by atomic mass is 35.5. The predicted molar refractivity (Wildman–Crippen MR) is 122 cm³/mol. The molecule has 31 heavy (non-hydrogen) atoms. The van der Waals surface area contributed by atoms with Gasteiger partial charge in [-0.25, -0.2) is 0 Å². The van der Waals surface area contributed by atoms with E-state index in [-0.39, 0.29) is 11.8 Å². The summed E-state index contributed by atoms with van der Waals surface area (Å²) in [4.78, 5) is 25.8. The average molecular weight is 453 g/mol. The zero-order valence-electron chi connectivity index (χ0n) is 16.7. The van der Waals surface area contributed by atoms with Crippen molar-refractivity contribution >= 4 is 41.2 Å². The van der Waals surface area contributed by atoms with E-state index in [1.165, 1.54) is 0 Å². The fourth-order valence-electron chi connectivity index (χ4n) is 3.58. The van der Waals surface area contributed by atoms with Crippen LogP contribution in [0.3, 0.4) is 0 Å². The minimum Gasteiger partial charge on any atom is -0.334 e. The number of nitrogens with zero attached hydrogens (tertiary/aromatic N) is 1. The van der Waals surface area contributed by atoms with Crippen LogP contribution in [0, 0.1) is 6.92 Å². The van der Waals surface area contributed by atoms with Gasteiger partial charge in [0.05, 0.1) is 10.6 Å². The fourth-order valence-corrected chi connectivity index (χ4v) is 3.89. The fraction of sp³-hybridized carbons (Fsp3) is 0.125. The van der Waals surface area contributed by atoms with Crippen molar-refractivity contribution in [3.63, 3.8) is 0 Å². The number of aryl methyl sites for hydroxylation is 1. The van der Waals surface area contributed by atoms with Gasteiger partial charge >= 0.3 is 5.91 Å². The van der Waals surface area contributed by atoms with Crippen LogP contribution in [0.2, 0.25) is 10.0 Å². The SMILES string of the molecule is Cc1cccc(C(=O)N[C@@H]2C(=O)N/[N+](=C\c3ccccc3Cl)[C@H]2c2ccc(Cl)cc2)c1. The molecule has 0 radical (unpaired) electrons. The lowest BCUT2D eigenvalue weighted by molar-refractivity contribution is -0.596. The summed E-state index contributed by atoms with van der Waals surface area (Å²) in [6.45, 7) is 1.91. The predicted octanol–water partition coefficient (Wildman–Crippen LogP) is 4.32. The monoisotopic (exact) mass is 452 g/mol. The van der Waals surface area contributed by atoms with Gasteiger partial charge in [0.25, 0.3) is 5.91 Å². The van der Waals surface area contributed by atoms with Gasteiger partial charge < -0.3 is 5.32 Å². The van der Waals surface area contributed by atoms with E-state index in [4.69, 9.17) is 23.2 Å². The molecule has 5 nitrogen and oxygen atoms in total. The van der Waals surface area contributed by atoms with Gasteiger partial charge in [-0.2, -0.15) is 0 Å². The maximum absolute atomic E-state index is 12.9. The Morgan fingerprint density at radius 2 is 1.77 bits per heavy atom. The lowest BCUT2D eigenvalue weighted by Crippen LogP contribution is -2.42. The summed E-state index contributed by atoms with van der Waals surface area (Å²) in [6, 6.07) is 20.5. The molecule has 1 fully saturated rings. The first-order valence-corrected chi connectivity index (χ1v) is 10.5. The molecule has 156 valence electrons. The van der Waals surface area contributed by atoms with Crippen LogP contribution in [0.5, 0.6) is 0 Å².